The smallest absolute Gasteiger partial charge is 0.407 e. The van der Waals surface area contributed by atoms with Gasteiger partial charge in [-0.15, -0.1) is 0 Å². The van der Waals surface area contributed by atoms with Gasteiger partial charge in [-0.1, -0.05) is 84.9 Å². The standard InChI is InChI=1S/C33H33NO5/c35-33(36)34-18-17-31(32(22-34)39-24-26-11-12-27-9-4-5-10-29(27)21-26)28-13-15-30(16-14-28)38-20-6-19-37-23-25-7-2-1-3-8-25/h1-5,7-17,21,32H,6,18-20,22-24H2,(H,35,36)/t32-/m1/s1. The molecule has 0 saturated carbocycles. The Kier molecular flexibility index (Phi) is 8.89. The molecule has 200 valence electrons. The molecule has 0 bridgehead atoms. The van der Waals surface area contributed by atoms with Crippen molar-refractivity contribution in [1.29, 1.82) is 0 Å². The lowest BCUT2D eigenvalue weighted by Crippen LogP contribution is -2.41. The lowest BCUT2D eigenvalue weighted by atomic mass is 9.96. The average molecular weight is 524 g/mol. The van der Waals surface area contributed by atoms with Crippen LogP contribution >= 0.6 is 0 Å². The van der Waals surface area contributed by atoms with E-state index in [2.05, 4.69) is 42.5 Å². The molecule has 0 saturated heterocycles. The molecule has 0 aromatic heterocycles. The molecule has 4 aromatic carbocycles. The summed E-state index contributed by atoms with van der Waals surface area (Å²) in [5.74, 6) is 0.791. The highest BCUT2D eigenvalue weighted by Gasteiger charge is 2.27. The summed E-state index contributed by atoms with van der Waals surface area (Å²) in [6.45, 7) is 2.83. The maximum absolute atomic E-state index is 11.7. The van der Waals surface area contributed by atoms with Crippen molar-refractivity contribution in [2.75, 3.05) is 26.3 Å². The van der Waals surface area contributed by atoms with Crippen molar-refractivity contribution in [3.63, 3.8) is 0 Å². The number of amides is 1. The second-order valence-electron chi connectivity index (χ2n) is 9.59. The van der Waals surface area contributed by atoms with Gasteiger partial charge in [0, 0.05) is 13.0 Å². The van der Waals surface area contributed by atoms with E-state index >= 15 is 0 Å². The quantitative estimate of drug-likeness (QED) is 0.219. The number of nitrogens with zero attached hydrogens (tertiary/aromatic N) is 1. The van der Waals surface area contributed by atoms with Crippen molar-refractivity contribution in [3.8, 4) is 5.75 Å². The first-order chi connectivity index (χ1) is 19.2. The summed E-state index contributed by atoms with van der Waals surface area (Å²) in [4.78, 5) is 13.0. The third-order valence-corrected chi connectivity index (χ3v) is 6.80. The summed E-state index contributed by atoms with van der Waals surface area (Å²) in [6.07, 6.45) is 1.44. The third kappa shape index (κ3) is 7.25. The number of rotatable bonds is 11. The number of carbonyl (C=O) groups is 1. The van der Waals surface area contributed by atoms with Gasteiger partial charge in [0.2, 0.25) is 0 Å². The van der Waals surface area contributed by atoms with Crippen LogP contribution in [0.1, 0.15) is 23.1 Å². The maximum atomic E-state index is 11.7. The van der Waals surface area contributed by atoms with Gasteiger partial charge in [0.25, 0.3) is 0 Å². The summed E-state index contributed by atoms with van der Waals surface area (Å²) in [6, 6.07) is 32.5. The monoisotopic (exact) mass is 523 g/mol. The highest BCUT2D eigenvalue weighted by Crippen LogP contribution is 2.28. The zero-order valence-electron chi connectivity index (χ0n) is 21.9. The van der Waals surface area contributed by atoms with Crippen LogP contribution in [0.15, 0.2) is 103 Å². The van der Waals surface area contributed by atoms with Gasteiger partial charge in [0.05, 0.1) is 33.0 Å². The SMILES string of the molecule is O=C(O)N1CC=C(c2ccc(OCCCOCc3ccccc3)cc2)[C@H](OCc2ccc3ccccc3c2)C1. The van der Waals surface area contributed by atoms with Crippen molar-refractivity contribution in [1.82, 2.24) is 4.90 Å². The summed E-state index contributed by atoms with van der Waals surface area (Å²) in [7, 11) is 0. The van der Waals surface area contributed by atoms with Crippen molar-refractivity contribution in [2.45, 2.75) is 25.7 Å². The summed E-state index contributed by atoms with van der Waals surface area (Å²) >= 11 is 0. The molecule has 4 aromatic rings. The molecular formula is C33H33NO5. The van der Waals surface area contributed by atoms with Gasteiger partial charge in [-0.3, -0.25) is 0 Å². The first-order valence-corrected chi connectivity index (χ1v) is 13.3. The molecule has 5 rings (SSSR count). The molecule has 0 unspecified atom stereocenters. The van der Waals surface area contributed by atoms with Crippen LogP contribution in [0.25, 0.3) is 16.3 Å². The van der Waals surface area contributed by atoms with E-state index in [4.69, 9.17) is 14.2 Å². The topological polar surface area (TPSA) is 68.2 Å². The second kappa shape index (κ2) is 13.1. The fourth-order valence-corrected chi connectivity index (χ4v) is 4.70. The molecule has 0 radical (unpaired) electrons. The minimum absolute atomic E-state index is 0.288. The number of carboxylic acid groups (broad SMARTS) is 1. The van der Waals surface area contributed by atoms with Crippen LogP contribution in [0.3, 0.4) is 0 Å². The fourth-order valence-electron chi connectivity index (χ4n) is 4.70. The van der Waals surface area contributed by atoms with E-state index < -0.39 is 6.09 Å². The van der Waals surface area contributed by atoms with E-state index in [1.807, 2.05) is 60.7 Å². The molecule has 1 aliphatic rings. The molecule has 0 aliphatic carbocycles. The Morgan fingerprint density at radius 1 is 0.821 bits per heavy atom. The normalized spacial score (nSPS) is 15.2. The van der Waals surface area contributed by atoms with E-state index in [9.17, 15) is 9.90 Å². The predicted octanol–water partition coefficient (Wildman–Crippen LogP) is 6.79. The summed E-state index contributed by atoms with van der Waals surface area (Å²) in [5.41, 5.74) is 4.21. The van der Waals surface area contributed by atoms with Crippen molar-refractivity contribution in [3.05, 3.63) is 120 Å². The average Bonchev–Trinajstić information content (AvgIpc) is 2.98. The van der Waals surface area contributed by atoms with Gasteiger partial charge >= 0.3 is 6.09 Å². The van der Waals surface area contributed by atoms with Crippen LogP contribution in [0.4, 0.5) is 4.79 Å². The van der Waals surface area contributed by atoms with E-state index in [1.54, 1.807) is 0 Å². The van der Waals surface area contributed by atoms with Gasteiger partial charge in [0.1, 0.15) is 11.9 Å². The number of benzene rings is 4. The Labute approximate surface area is 229 Å². The van der Waals surface area contributed by atoms with Gasteiger partial charge in [0.15, 0.2) is 0 Å². The molecule has 1 aliphatic heterocycles. The first kappa shape index (κ1) is 26.5. The van der Waals surface area contributed by atoms with E-state index in [1.165, 1.54) is 10.3 Å². The van der Waals surface area contributed by atoms with Crippen LogP contribution in [0, 0.1) is 0 Å². The Morgan fingerprint density at radius 2 is 1.59 bits per heavy atom. The van der Waals surface area contributed by atoms with E-state index in [-0.39, 0.29) is 12.6 Å². The number of hydrogen-bond donors (Lipinski definition) is 1. The van der Waals surface area contributed by atoms with Gasteiger partial charge in [-0.05, 0) is 51.2 Å². The molecule has 39 heavy (non-hydrogen) atoms. The van der Waals surface area contributed by atoms with Crippen LogP contribution < -0.4 is 4.74 Å². The van der Waals surface area contributed by atoms with E-state index in [0.29, 0.717) is 33.0 Å². The Hall–Kier alpha value is -4.13. The molecule has 6 nitrogen and oxygen atoms in total. The van der Waals surface area contributed by atoms with Crippen molar-refractivity contribution < 1.29 is 24.1 Å². The fraction of sp³-hybridized carbons (Fsp3) is 0.242. The highest BCUT2D eigenvalue weighted by molar-refractivity contribution is 5.83. The van der Waals surface area contributed by atoms with Gasteiger partial charge in [-0.2, -0.15) is 0 Å². The Morgan fingerprint density at radius 3 is 2.38 bits per heavy atom. The van der Waals surface area contributed by atoms with Crippen LogP contribution in [0.2, 0.25) is 0 Å². The van der Waals surface area contributed by atoms with Gasteiger partial charge in [-0.25, -0.2) is 4.79 Å². The molecule has 1 N–H and O–H groups in total. The minimum Gasteiger partial charge on any atom is -0.494 e. The lowest BCUT2D eigenvalue weighted by Gasteiger charge is -2.31. The van der Waals surface area contributed by atoms with Crippen molar-refractivity contribution >= 4 is 22.4 Å². The molecule has 1 amide bonds. The Bertz CT molecular complexity index is 1400. The minimum atomic E-state index is -0.943. The Balaban J connectivity index is 1.16. The zero-order chi connectivity index (χ0) is 26.9. The molecule has 1 heterocycles. The third-order valence-electron chi connectivity index (χ3n) is 6.80. The highest BCUT2D eigenvalue weighted by atomic mass is 16.5. The lowest BCUT2D eigenvalue weighted by molar-refractivity contribution is 0.0477. The zero-order valence-corrected chi connectivity index (χ0v) is 21.9. The molecule has 0 fully saturated rings. The maximum Gasteiger partial charge on any atom is 0.407 e. The molecule has 0 spiro atoms. The molecule has 1 atom stereocenters. The van der Waals surface area contributed by atoms with Crippen molar-refractivity contribution in [2.24, 2.45) is 0 Å². The molecular weight excluding hydrogens is 490 g/mol. The number of fused-ring (bicyclic) bond motifs is 1. The second-order valence-corrected chi connectivity index (χ2v) is 9.59. The van der Waals surface area contributed by atoms with Crippen LogP contribution in [-0.4, -0.2) is 48.5 Å². The van der Waals surface area contributed by atoms with Crippen LogP contribution in [0.5, 0.6) is 5.75 Å². The summed E-state index contributed by atoms with van der Waals surface area (Å²) in [5, 5.41) is 11.9. The van der Waals surface area contributed by atoms with Crippen LogP contribution in [-0.2, 0) is 22.7 Å². The molecule has 6 heteroatoms. The predicted molar refractivity (Wildman–Crippen MR) is 153 cm³/mol. The number of ether oxygens (including phenoxy) is 3. The largest absolute Gasteiger partial charge is 0.494 e. The van der Waals surface area contributed by atoms with E-state index in [0.717, 1.165) is 39.8 Å². The first-order valence-electron chi connectivity index (χ1n) is 13.3. The summed E-state index contributed by atoms with van der Waals surface area (Å²) < 4.78 is 17.9. The number of hydrogen-bond acceptors (Lipinski definition) is 4. The van der Waals surface area contributed by atoms with Gasteiger partial charge < -0.3 is 24.2 Å².